The van der Waals surface area contributed by atoms with Crippen molar-refractivity contribution in [2.75, 3.05) is 6.61 Å². The maximum atomic E-state index is 10.8. The molecule has 0 unspecified atom stereocenters. The van der Waals surface area contributed by atoms with Gasteiger partial charge in [0.15, 0.2) is 0 Å². The molecule has 1 aromatic carbocycles. The first kappa shape index (κ1) is 17.1. The van der Waals surface area contributed by atoms with Gasteiger partial charge >= 0.3 is 5.97 Å². The second kappa shape index (κ2) is 6.45. The van der Waals surface area contributed by atoms with E-state index in [1.165, 1.54) is 17.2 Å². The van der Waals surface area contributed by atoms with Crippen LogP contribution in [-0.2, 0) is 4.79 Å². The number of aliphatic carboxylic acids is 1. The molecule has 0 saturated carbocycles. The van der Waals surface area contributed by atoms with Gasteiger partial charge in [0.25, 0.3) is 0 Å². The number of carboxylic acids is 1. The van der Waals surface area contributed by atoms with Crippen LogP contribution in [0.3, 0.4) is 0 Å². The number of hydrogen-bond donors (Lipinski definition) is 1. The van der Waals surface area contributed by atoms with Crippen LogP contribution in [0.15, 0.2) is 42.0 Å². The zero-order valence-corrected chi connectivity index (χ0v) is 14.4. The molecule has 3 nitrogen and oxygen atoms in total. The van der Waals surface area contributed by atoms with E-state index in [4.69, 9.17) is 9.84 Å². The average molecular weight is 312 g/mol. The van der Waals surface area contributed by atoms with Gasteiger partial charge in [-0.25, -0.2) is 4.79 Å². The number of fused-ring (bicyclic) bond motifs is 1. The Hall–Kier alpha value is -2.29. The van der Waals surface area contributed by atoms with Crippen LogP contribution in [0.2, 0.25) is 0 Å². The third-order valence-electron chi connectivity index (χ3n) is 3.93. The number of carboxylic acid groups (broad SMARTS) is 1. The molecule has 1 aliphatic heterocycles. The number of ether oxygens (including phenoxy) is 1. The second-order valence-electron chi connectivity index (χ2n) is 6.87. The number of hydrogen-bond acceptors (Lipinski definition) is 2. The van der Waals surface area contributed by atoms with Gasteiger partial charge in [0.2, 0.25) is 0 Å². The predicted octanol–water partition coefficient (Wildman–Crippen LogP) is 4.69. The Kier molecular flexibility index (Phi) is 4.79. The fourth-order valence-electron chi connectivity index (χ4n) is 2.54. The maximum Gasteiger partial charge on any atom is 0.328 e. The molecule has 23 heavy (non-hydrogen) atoms. The summed E-state index contributed by atoms with van der Waals surface area (Å²) >= 11 is 0. The van der Waals surface area contributed by atoms with Crippen LogP contribution in [-0.4, -0.2) is 17.7 Å². The first-order valence-electron chi connectivity index (χ1n) is 7.74. The van der Waals surface area contributed by atoms with Crippen molar-refractivity contribution in [3.05, 3.63) is 58.7 Å². The van der Waals surface area contributed by atoms with E-state index in [-0.39, 0.29) is 5.41 Å². The van der Waals surface area contributed by atoms with Crippen molar-refractivity contribution in [2.24, 2.45) is 5.41 Å². The quantitative estimate of drug-likeness (QED) is 0.650. The van der Waals surface area contributed by atoms with Gasteiger partial charge < -0.3 is 9.84 Å². The smallest absolute Gasteiger partial charge is 0.328 e. The molecule has 0 saturated heterocycles. The minimum atomic E-state index is -0.933. The summed E-state index contributed by atoms with van der Waals surface area (Å²) in [6.45, 7) is 10.8. The standard InChI is InChI=1S/C20H24O3/c1-13(8-19(21)22)6-7-16-11-20(4,5)12-23-18-10-15(3)14(2)9-17(16)18/h6-11H,12H2,1-5H3,(H,21,22). The van der Waals surface area contributed by atoms with E-state index in [1.807, 2.05) is 12.2 Å². The highest BCUT2D eigenvalue weighted by molar-refractivity contribution is 5.83. The molecule has 2 rings (SSSR count). The van der Waals surface area contributed by atoms with Gasteiger partial charge in [-0.05, 0) is 55.2 Å². The lowest BCUT2D eigenvalue weighted by molar-refractivity contribution is -0.131. The summed E-state index contributed by atoms with van der Waals surface area (Å²) in [5.41, 5.74) is 5.14. The van der Waals surface area contributed by atoms with Crippen LogP contribution < -0.4 is 4.74 Å². The molecule has 0 radical (unpaired) electrons. The van der Waals surface area contributed by atoms with Gasteiger partial charge in [-0.15, -0.1) is 0 Å². The van der Waals surface area contributed by atoms with Crippen LogP contribution >= 0.6 is 0 Å². The van der Waals surface area contributed by atoms with Crippen molar-refractivity contribution in [2.45, 2.75) is 34.6 Å². The van der Waals surface area contributed by atoms with Gasteiger partial charge in [-0.3, -0.25) is 0 Å². The minimum Gasteiger partial charge on any atom is -0.492 e. The fraction of sp³-hybridized carbons (Fsp3) is 0.350. The lowest BCUT2D eigenvalue weighted by atomic mass is 9.89. The molecule has 0 spiro atoms. The van der Waals surface area contributed by atoms with E-state index in [0.29, 0.717) is 12.2 Å². The number of aryl methyl sites for hydroxylation is 2. The third kappa shape index (κ3) is 4.35. The third-order valence-corrected chi connectivity index (χ3v) is 3.93. The SMILES string of the molecule is CC(C=CC1=CC(C)(C)COc2cc(C)c(C)cc21)=CC(=O)O. The second-order valence-corrected chi connectivity index (χ2v) is 6.87. The Morgan fingerprint density at radius 3 is 2.57 bits per heavy atom. The summed E-state index contributed by atoms with van der Waals surface area (Å²) in [5.74, 6) is -0.0491. The Balaban J connectivity index is 2.51. The molecular weight excluding hydrogens is 288 g/mol. The Labute approximate surface area is 138 Å². The summed E-state index contributed by atoms with van der Waals surface area (Å²) < 4.78 is 6.01. The zero-order chi connectivity index (χ0) is 17.2. The summed E-state index contributed by atoms with van der Waals surface area (Å²) in [6.07, 6.45) is 7.20. The molecule has 0 aromatic heterocycles. The summed E-state index contributed by atoms with van der Waals surface area (Å²) in [4.78, 5) is 10.8. The summed E-state index contributed by atoms with van der Waals surface area (Å²) in [7, 11) is 0. The molecule has 0 atom stereocenters. The highest BCUT2D eigenvalue weighted by atomic mass is 16.5. The number of benzene rings is 1. The summed E-state index contributed by atoms with van der Waals surface area (Å²) in [5, 5.41) is 8.83. The molecule has 0 fully saturated rings. The van der Waals surface area contributed by atoms with Crippen LogP contribution in [0.4, 0.5) is 0 Å². The lowest BCUT2D eigenvalue weighted by Gasteiger charge is -2.18. The molecule has 0 aliphatic carbocycles. The van der Waals surface area contributed by atoms with Crippen LogP contribution in [0.1, 0.15) is 37.5 Å². The largest absolute Gasteiger partial charge is 0.492 e. The molecular formula is C20H24O3. The summed E-state index contributed by atoms with van der Waals surface area (Å²) in [6, 6.07) is 4.21. The highest BCUT2D eigenvalue weighted by Crippen LogP contribution is 2.37. The van der Waals surface area contributed by atoms with Crippen LogP contribution in [0.25, 0.3) is 5.57 Å². The van der Waals surface area contributed by atoms with E-state index in [1.54, 1.807) is 6.92 Å². The number of carbonyl (C=O) groups is 1. The van der Waals surface area contributed by atoms with Gasteiger partial charge in [0, 0.05) is 17.1 Å². The average Bonchev–Trinajstić information content (AvgIpc) is 2.54. The van der Waals surface area contributed by atoms with E-state index >= 15 is 0 Å². The molecule has 3 heteroatoms. The van der Waals surface area contributed by atoms with Gasteiger partial charge in [0.05, 0.1) is 6.61 Å². The van der Waals surface area contributed by atoms with Crippen molar-refractivity contribution < 1.29 is 14.6 Å². The Morgan fingerprint density at radius 2 is 1.91 bits per heavy atom. The van der Waals surface area contributed by atoms with Crippen molar-refractivity contribution in [1.82, 2.24) is 0 Å². The molecule has 1 aromatic rings. The molecule has 1 N–H and O–H groups in total. The minimum absolute atomic E-state index is 0.0923. The predicted molar refractivity (Wildman–Crippen MR) is 93.7 cm³/mol. The van der Waals surface area contributed by atoms with Crippen molar-refractivity contribution in [3.8, 4) is 5.75 Å². The van der Waals surface area contributed by atoms with Crippen molar-refractivity contribution in [1.29, 1.82) is 0 Å². The lowest BCUT2D eigenvalue weighted by Crippen LogP contribution is -2.17. The van der Waals surface area contributed by atoms with E-state index < -0.39 is 5.97 Å². The molecule has 0 bridgehead atoms. The molecule has 1 heterocycles. The Bertz CT molecular complexity index is 719. The topological polar surface area (TPSA) is 46.5 Å². The Morgan fingerprint density at radius 1 is 1.26 bits per heavy atom. The van der Waals surface area contributed by atoms with Gasteiger partial charge in [-0.1, -0.05) is 32.1 Å². The molecule has 122 valence electrons. The molecule has 0 amide bonds. The van der Waals surface area contributed by atoms with Crippen LogP contribution in [0, 0.1) is 19.3 Å². The number of rotatable bonds is 3. The fourth-order valence-corrected chi connectivity index (χ4v) is 2.54. The number of allylic oxidation sites excluding steroid dienone is 4. The monoisotopic (exact) mass is 312 g/mol. The maximum absolute atomic E-state index is 10.8. The van der Waals surface area contributed by atoms with E-state index in [2.05, 4.69) is 45.9 Å². The molecule has 1 aliphatic rings. The first-order valence-corrected chi connectivity index (χ1v) is 7.74. The van der Waals surface area contributed by atoms with Crippen molar-refractivity contribution in [3.63, 3.8) is 0 Å². The highest BCUT2D eigenvalue weighted by Gasteiger charge is 2.23. The first-order chi connectivity index (χ1) is 10.7. The van der Waals surface area contributed by atoms with E-state index in [0.717, 1.165) is 16.9 Å². The van der Waals surface area contributed by atoms with Gasteiger partial charge in [0.1, 0.15) is 5.75 Å². The van der Waals surface area contributed by atoms with E-state index in [9.17, 15) is 4.79 Å². The van der Waals surface area contributed by atoms with Crippen LogP contribution in [0.5, 0.6) is 5.75 Å². The van der Waals surface area contributed by atoms with Gasteiger partial charge in [-0.2, -0.15) is 0 Å². The zero-order valence-electron chi connectivity index (χ0n) is 14.4. The van der Waals surface area contributed by atoms with Crippen molar-refractivity contribution >= 4 is 11.5 Å². The normalized spacial score (nSPS) is 17.3.